The first kappa shape index (κ1) is 29.5. The summed E-state index contributed by atoms with van der Waals surface area (Å²) in [7, 11) is 1.57. The van der Waals surface area contributed by atoms with E-state index < -0.39 is 29.9 Å². The molecule has 4 aliphatic rings. The van der Waals surface area contributed by atoms with Gasteiger partial charge in [0, 0.05) is 29.9 Å². The van der Waals surface area contributed by atoms with Gasteiger partial charge in [-0.2, -0.15) is 0 Å². The van der Waals surface area contributed by atoms with Crippen molar-refractivity contribution in [1.82, 2.24) is 25.8 Å². The van der Waals surface area contributed by atoms with Crippen LogP contribution in [0.2, 0.25) is 0 Å². The highest BCUT2D eigenvalue weighted by atomic mass is 35.5. The number of hydrogen-bond donors (Lipinski definition) is 4. The molecule has 6 rings (SSSR count). The average molecular weight is 612 g/mol. The van der Waals surface area contributed by atoms with Crippen LogP contribution in [-0.2, 0) is 19.2 Å². The zero-order valence-corrected chi connectivity index (χ0v) is 25.3. The van der Waals surface area contributed by atoms with Gasteiger partial charge in [0.05, 0.1) is 19.0 Å². The third kappa shape index (κ3) is 5.36. The fourth-order valence-corrected chi connectivity index (χ4v) is 7.41. The number of ether oxygens (including phenoxy) is 1. The zero-order chi connectivity index (χ0) is 30.6. The molecule has 2 aliphatic carbocycles. The lowest BCUT2D eigenvalue weighted by Gasteiger charge is -2.34. The van der Waals surface area contributed by atoms with Crippen molar-refractivity contribution in [2.45, 2.75) is 57.7 Å². The fourth-order valence-electron chi connectivity index (χ4n) is 7.22. The van der Waals surface area contributed by atoms with Gasteiger partial charge in [-0.3, -0.25) is 24.0 Å². The van der Waals surface area contributed by atoms with Crippen molar-refractivity contribution in [3.05, 3.63) is 30.0 Å². The number of benzene rings is 1. The van der Waals surface area contributed by atoms with Crippen molar-refractivity contribution in [1.29, 1.82) is 0 Å². The van der Waals surface area contributed by atoms with Gasteiger partial charge in [0.25, 0.3) is 5.91 Å². The predicted molar refractivity (Wildman–Crippen MR) is 158 cm³/mol. The Morgan fingerprint density at radius 2 is 1.93 bits per heavy atom. The Hall–Kier alpha value is -3.60. The fraction of sp³-hybridized carbons (Fsp3) is 0.581. The zero-order valence-electron chi connectivity index (χ0n) is 24.6. The molecule has 4 amide bonds. The molecule has 4 N–H and O–H groups in total. The van der Waals surface area contributed by atoms with Gasteiger partial charge < -0.3 is 30.6 Å². The Bertz CT molecular complexity index is 1480. The van der Waals surface area contributed by atoms with Crippen LogP contribution in [0.25, 0.3) is 10.9 Å². The second-order valence-electron chi connectivity index (χ2n) is 13.0. The van der Waals surface area contributed by atoms with Crippen molar-refractivity contribution in [2.24, 2.45) is 29.1 Å². The van der Waals surface area contributed by atoms with Crippen LogP contribution in [0.4, 0.5) is 0 Å². The summed E-state index contributed by atoms with van der Waals surface area (Å²) in [5, 5.41) is 9.34. The summed E-state index contributed by atoms with van der Waals surface area (Å²) in [4.78, 5) is 71.0. The molecule has 0 bridgehead atoms. The minimum atomic E-state index is -0.922. The molecule has 0 unspecified atom stereocenters. The van der Waals surface area contributed by atoms with Crippen LogP contribution < -0.4 is 20.7 Å². The normalized spacial score (nSPS) is 26.8. The number of piperidine rings is 1. The van der Waals surface area contributed by atoms with Gasteiger partial charge in [-0.15, -0.1) is 11.6 Å². The summed E-state index contributed by atoms with van der Waals surface area (Å²) in [6.45, 7) is 5.09. The Balaban J connectivity index is 1.21. The Morgan fingerprint density at radius 1 is 1.16 bits per heavy atom. The smallest absolute Gasteiger partial charge is 0.268 e. The van der Waals surface area contributed by atoms with Crippen LogP contribution in [0, 0.1) is 29.1 Å². The van der Waals surface area contributed by atoms with Crippen LogP contribution in [0.15, 0.2) is 24.3 Å². The van der Waals surface area contributed by atoms with Gasteiger partial charge in [-0.1, -0.05) is 19.9 Å². The first-order valence-corrected chi connectivity index (χ1v) is 15.5. The number of fused-ring (bicyclic) bond motifs is 2. The molecule has 11 nitrogen and oxygen atoms in total. The molecule has 0 radical (unpaired) electrons. The molecule has 3 heterocycles. The number of H-pyrrole nitrogens is 1. The van der Waals surface area contributed by atoms with Crippen LogP contribution >= 0.6 is 11.6 Å². The Morgan fingerprint density at radius 3 is 2.58 bits per heavy atom. The number of nitrogens with one attached hydrogen (secondary N) is 4. The summed E-state index contributed by atoms with van der Waals surface area (Å²) in [5.41, 5.74) is 0.919. The summed E-state index contributed by atoms with van der Waals surface area (Å²) in [6.07, 6.45) is 2.35. The molecular formula is C31H38ClN5O6. The van der Waals surface area contributed by atoms with E-state index in [-0.39, 0.29) is 59.0 Å². The third-order valence-corrected chi connectivity index (χ3v) is 10.3. The molecule has 4 fully saturated rings. The maximum atomic E-state index is 14.1. The molecule has 0 spiro atoms. The molecular weight excluding hydrogens is 574 g/mol. The predicted octanol–water partition coefficient (Wildman–Crippen LogP) is 1.99. The minimum absolute atomic E-state index is 0.0181. The van der Waals surface area contributed by atoms with Crippen molar-refractivity contribution >= 4 is 51.9 Å². The second kappa shape index (κ2) is 11.2. The number of aromatic nitrogens is 1. The van der Waals surface area contributed by atoms with E-state index in [4.69, 9.17) is 16.3 Å². The minimum Gasteiger partial charge on any atom is -0.496 e. The molecule has 1 aromatic carbocycles. The van der Waals surface area contributed by atoms with Crippen molar-refractivity contribution in [3.8, 4) is 5.75 Å². The van der Waals surface area contributed by atoms with Crippen molar-refractivity contribution < 1.29 is 28.7 Å². The molecule has 2 saturated heterocycles. The topological polar surface area (TPSA) is 150 Å². The van der Waals surface area contributed by atoms with Gasteiger partial charge in [0.2, 0.25) is 17.7 Å². The van der Waals surface area contributed by atoms with E-state index in [9.17, 15) is 24.0 Å². The second-order valence-corrected chi connectivity index (χ2v) is 13.2. The molecule has 1 aromatic heterocycles. The summed E-state index contributed by atoms with van der Waals surface area (Å²) < 4.78 is 5.41. The number of carbonyl (C=O) groups is 5. The number of ketones is 1. The van der Waals surface area contributed by atoms with E-state index in [1.807, 2.05) is 18.2 Å². The number of alkyl halides is 1. The van der Waals surface area contributed by atoms with E-state index >= 15 is 0 Å². The van der Waals surface area contributed by atoms with E-state index in [1.165, 1.54) is 0 Å². The lowest BCUT2D eigenvalue weighted by molar-refractivity contribution is -0.143. The van der Waals surface area contributed by atoms with E-state index in [1.54, 1.807) is 18.1 Å². The molecule has 2 saturated carbocycles. The van der Waals surface area contributed by atoms with Gasteiger partial charge >= 0.3 is 0 Å². The van der Waals surface area contributed by atoms with E-state index in [0.29, 0.717) is 31.0 Å². The number of methoxy groups -OCH3 is 1. The Kier molecular flexibility index (Phi) is 7.64. The van der Waals surface area contributed by atoms with Crippen molar-refractivity contribution in [3.63, 3.8) is 0 Å². The van der Waals surface area contributed by atoms with Crippen LogP contribution in [-0.4, -0.2) is 83.5 Å². The average Bonchev–Trinajstić information content (AvgIpc) is 3.65. The molecule has 6 atom stereocenters. The molecule has 43 heavy (non-hydrogen) atoms. The number of nitrogens with zero attached hydrogens (tertiary/aromatic N) is 1. The van der Waals surface area contributed by atoms with Gasteiger partial charge in [-0.05, 0) is 67.1 Å². The molecule has 230 valence electrons. The summed E-state index contributed by atoms with van der Waals surface area (Å²) in [5.74, 6) is -1.62. The highest BCUT2D eigenvalue weighted by Crippen LogP contribution is 2.65. The lowest BCUT2D eigenvalue weighted by atomic mass is 9.95. The number of halogens is 1. The number of Topliss-reactive ketones (excluding diaryl/α,β-unsaturated/α-hetero) is 1. The molecule has 2 aromatic rings. The number of carbonyl (C=O) groups excluding carboxylic acids is 5. The van der Waals surface area contributed by atoms with E-state index in [2.05, 4.69) is 34.8 Å². The summed E-state index contributed by atoms with van der Waals surface area (Å²) in [6, 6.07) is 4.71. The van der Waals surface area contributed by atoms with Crippen molar-refractivity contribution in [2.75, 3.05) is 26.1 Å². The number of likely N-dealkylation sites (tertiary alicyclic amines) is 1. The van der Waals surface area contributed by atoms with Crippen LogP contribution in [0.3, 0.4) is 0 Å². The first-order chi connectivity index (χ1) is 20.5. The highest BCUT2D eigenvalue weighted by Gasteiger charge is 2.70. The number of hydrogen-bond acceptors (Lipinski definition) is 6. The van der Waals surface area contributed by atoms with Crippen LogP contribution in [0.1, 0.15) is 50.0 Å². The standard InChI is InChI=1S/C31H38ClN5O6/c1-31(2)18-14-37(26(24(18)31)29(41)35-20(22(38)13-32)11-16-9-10-33-27(16)39)30(42)25(15-7-8-15)36-28(40)21-12-17-19(34-21)5-4-6-23(17)43-3/h4-6,12,15-16,18,20,24-26,34H,7-11,13-14H2,1-3H3,(H,33,39)(H,35,41)(H,36,40)/t16-,18-,20-,24-,25-,26-/m0/s1. The lowest BCUT2D eigenvalue weighted by Crippen LogP contribution is -2.58. The quantitative estimate of drug-likeness (QED) is 0.286. The highest BCUT2D eigenvalue weighted by molar-refractivity contribution is 6.28. The van der Waals surface area contributed by atoms with Gasteiger partial charge in [0.1, 0.15) is 23.5 Å². The number of aromatic amines is 1. The van der Waals surface area contributed by atoms with Gasteiger partial charge in [0.15, 0.2) is 5.78 Å². The SMILES string of the molecule is COc1cccc2[nH]c(C(=O)N[C@H](C(=O)N3C[C@H]4[C@@H]([C@H]3C(=O)N[C@@H](C[C@@H]3CCNC3=O)C(=O)CCl)C4(C)C)C3CC3)cc12. The van der Waals surface area contributed by atoms with E-state index in [0.717, 1.165) is 23.7 Å². The van der Waals surface area contributed by atoms with Crippen LogP contribution in [0.5, 0.6) is 5.75 Å². The maximum Gasteiger partial charge on any atom is 0.268 e. The monoisotopic (exact) mass is 611 g/mol. The third-order valence-electron chi connectivity index (χ3n) is 10.0. The van der Waals surface area contributed by atoms with Gasteiger partial charge in [-0.25, -0.2) is 0 Å². The first-order valence-electron chi connectivity index (χ1n) is 15.0. The number of amides is 4. The molecule has 12 heteroatoms. The number of rotatable bonds is 11. The largest absolute Gasteiger partial charge is 0.496 e. The molecule has 2 aliphatic heterocycles. The summed E-state index contributed by atoms with van der Waals surface area (Å²) >= 11 is 5.88. The Labute approximate surface area is 254 Å². The maximum absolute atomic E-state index is 14.1.